The van der Waals surface area contributed by atoms with Crippen LogP contribution in [0.4, 0.5) is 5.69 Å². The van der Waals surface area contributed by atoms with Crippen LogP contribution in [0.25, 0.3) is 0 Å². The van der Waals surface area contributed by atoms with Crippen LogP contribution in [-0.2, 0) is 21.2 Å². The van der Waals surface area contributed by atoms with Crippen LogP contribution in [0.5, 0.6) is 0 Å². The van der Waals surface area contributed by atoms with Gasteiger partial charge in [0.05, 0.1) is 10.9 Å². The van der Waals surface area contributed by atoms with Crippen LogP contribution >= 0.6 is 0 Å². The number of amides is 2. The third-order valence-electron chi connectivity index (χ3n) is 6.02. The Morgan fingerprint density at radius 1 is 1.03 bits per heavy atom. The summed E-state index contributed by atoms with van der Waals surface area (Å²) in [6.45, 7) is 6.16. The summed E-state index contributed by atoms with van der Waals surface area (Å²) in [6.07, 6.45) is 0.933. The second-order valence-corrected chi connectivity index (χ2v) is 10.5. The number of anilines is 1. The number of benzene rings is 2. The molecule has 1 unspecified atom stereocenters. The van der Waals surface area contributed by atoms with Crippen molar-refractivity contribution in [1.29, 1.82) is 0 Å². The highest BCUT2D eigenvalue weighted by molar-refractivity contribution is 7.89. The highest BCUT2D eigenvalue weighted by atomic mass is 32.2. The van der Waals surface area contributed by atoms with Crippen LogP contribution < -0.4 is 5.32 Å². The molecule has 8 nitrogen and oxygen atoms in total. The zero-order valence-corrected chi connectivity index (χ0v) is 20.4. The summed E-state index contributed by atoms with van der Waals surface area (Å²) in [4.78, 5) is 29.6. The summed E-state index contributed by atoms with van der Waals surface area (Å²) >= 11 is 0. The van der Waals surface area contributed by atoms with Crippen molar-refractivity contribution < 1.29 is 18.0 Å². The summed E-state index contributed by atoms with van der Waals surface area (Å²) in [5, 5.41) is 2.82. The summed E-state index contributed by atoms with van der Waals surface area (Å²) in [5.41, 5.74) is 2.30. The molecule has 1 atom stereocenters. The van der Waals surface area contributed by atoms with E-state index in [0.29, 0.717) is 37.4 Å². The van der Waals surface area contributed by atoms with Crippen molar-refractivity contribution in [3.8, 4) is 0 Å². The number of carbonyl (C=O) groups excluding carboxylic acids is 2. The van der Waals surface area contributed by atoms with Gasteiger partial charge in [-0.25, -0.2) is 12.7 Å². The summed E-state index contributed by atoms with van der Waals surface area (Å²) < 4.78 is 25.8. The Bertz CT molecular complexity index is 1090. The van der Waals surface area contributed by atoms with Crippen LogP contribution in [0.2, 0.25) is 0 Å². The quantitative estimate of drug-likeness (QED) is 0.668. The molecule has 1 aliphatic rings. The minimum atomic E-state index is -3.58. The number of sulfonamides is 1. The fraction of sp³-hybridized carbons (Fsp3) is 0.417. The van der Waals surface area contributed by atoms with Gasteiger partial charge in [-0.05, 0) is 49.2 Å². The van der Waals surface area contributed by atoms with Gasteiger partial charge in [0.1, 0.15) is 0 Å². The van der Waals surface area contributed by atoms with Crippen LogP contribution in [0.1, 0.15) is 29.8 Å². The van der Waals surface area contributed by atoms with E-state index in [4.69, 9.17) is 0 Å². The number of nitrogens with one attached hydrogen (secondary N) is 1. The van der Waals surface area contributed by atoms with E-state index < -0.39 is 16.1 Å². The van der Waals surface area contributed by atoms with E-state index in [2.05, 4.69) is 12.2 Å². The number of piperazine rings is 1. The van der Waals surface area contributed by atoms with Gasteiger partial charge < -0.3 is 10.2 Å². The normalized spacial score (nSPS) is 16.0. The van der Waals surface area contributed by atoms with Gasteiger partial charge >= 0.3 is 0 Å². The minimum absolute atomic E-state index is 0.00771. The summed E-state index contributed by atoms with van der Waals surface area (Å²) in [5.74, 6) is -0.211. The smallest absolute Gasteiger partial charge is 0.253 e. The second kappa shape index (κ2) is 10.5. The molecule has 178 valence electrons. The first kappa shape index (κ1) is 24.9. The van der Waals surface area contributed by atoms with Gasteiger partial charge in [0, 0.05) is 51.5 Å². The van der Waals surface area contributed by atoms with Crippen molar-refractivity contribution in [2.75, 3.05) is 45.6 Å². The molecule has 9 heteroatoms. The average Bonchev–Trinajstić information content (AvgIpc) is 2.83. The van der Waals surface area contributed by atoms with Gasteiger partial charge in [0.15, 0.2) is 0 Å². The number of aryl methyl sites for hydroxylation is 1. The van der Waals surface area contributed by atoms with Crippen molar-refractivity contribution >= 4 is 27.5 Å². The topological polar surface area (TPSA) is 90.0 Å². The molecule has 0 aliphatic carbocycles. The van der Waals surface area contributed by atoms with Gasteiger partial charge in [-0.1, -0.05) is 25.1 Å². The molecule has 2 aromatic rings. The standard InChI is InChI=1S/C24H32N4O4S/c1-5-19-9-11-20(12-10-19)24(30)28-15-13-27(14-16-28)18(2)23(29)25-21-7-6-8-22(17-21)33(31,32)26(3)4/h6-12,17-18H,5,13-16H2,1-4H3,(H,25,29). The van der Waals surface area contributed by atoms with E-state index in [9.17, 15) is 18.0 Å². The number of rotatable bonds is 7. The number of nitrogens with zero attached hydrogens (tertiary/aromatic N) is 3. The summed E-state index contributed by atoms with van der Waals surface area (Å²) in [6, 6.07) is 13.5. The van der Waals surface area contributed by atoms with Crippen molar-refractivity contribution in [1.82, 2.24) is 14.1 Å². The Morgan fingerprint density at radius 2 is 1.67 bits per heavy atom. The first-order valence-corrected chi connectivity index (χ1v) is 12.5. The Labute approximate surface area is 196 Å². The first-order chi connectivity index (χ1) is 15.6. The molecule has 1 aliphatic heterocycles. The molecule has 0 bridgehead atoms. The number of carbonyl (C=O) groups is 2. The van der Waals surface area contributed by atoms with Gasteiger partial charge in [-0.15, -0.1) is 0 Å². The van der Waals surface area contributed by atoms with Crippen molar-refractivity contribution in [3.63, 3.8) is 0 Å². The molecule has 3 rings (SSSR count). The molecule has 2 amide bonds. The Balaban J connectivity index is 1.57. The molecule has 2 aromatic carbocycles. The number of hydrogen-bond acceptors (Lipinski definition) is 5. The van der Waals surface area contributed by atoms with E-state index in [1.807, 2.05) is 41.0 Å². The van der Waals surface area contributed by atoms with Crippen molar-refractivity contribution in [2.45, 2.75) is 31.2 Å². The summed E-state index contributed by atoms with van der Waals surface area (Å²) in [7, 11) is -0.652. The third-order valence-corrected chi connectivity index (χ3v) is 7.83. The van der Waals surface area contributed by atoms with Crippen molar-refractivity contribution in [3.05, 3.63) is 59.7 Å². The second-order valence-electron chi connectivity index (χ2n) is 8.36. The van der Waals surface area contributed by atoms with E-state index >= 15 is 0 Å². The number of hydrogen-bond donors (Lipinski definition) is 1. The average molecular weight is 473 g/mol. The monoisotopic (exact) mass is 472 g/mol. The predicted octanol–water partition coefficient (Wildman–Crippen LogP) is 2.28. The molecular weight excluding hydrogens is 440 g/mol. The molecule has 0 radical (unpaired) electrons. The zero-order chi connectivity index (χ0) is 24.2. The lowest BCUT2D eigenvalue weighted by molar-refractivity contribution is -0.121. The lowest BCUT2D eigenvalue weighted by atomic mass is 10.1. The van der Waals surface area contributed by atoms with Crippen LogP contribution in [0.3, 0.4) is 0 Å². The third kappa shape index (κ3) is 5.79. The van der Waals surface area contributed by atoms with Crippen molar-refractivity contribution in [2.24, 2.45) is 0 Å². The minimum Gasteiger partial charge on any atom is -0.336 e. The Hall–Kier alpha value is -2.75. The molecule has 1 N–H and O–H groups in total. The maximum atomic E-state index is 12.8. The highest BCUT2D eigenvalue weighted by Gasteiger charge is 2.28. The molecular formula is C24H32N4O4S. The Morgan fingerprint density at radius 3 is 2.24 bits per heavy atom. The zero-order valence-electron chi connectivity index (χ0n) is 19.6. The van der Waals surface area contributed by atoms with E-state index in [1.54, 1.807) is 12.1 Å². The maximum absolute atomic E-state index is 12.8. The first-order valence-electron chi connectivity index (χ1n) is 11.1. The van der Waals surface area contributed by atoms with Gasteiger partial charge in [0.2, 0.25) is 15.9 Å². The highest BCUT2D eigenvalue weighted by Crippen LogP contribution is 2.19. The molecule has 1 saturated heterocycles. The van der Waals surface area contributed by atoms with E-state index in [1.165, 1.54) is 31.8 Å². The Kier molecular flexibility index (Phi) is 7.88. The fourth-order valence-corrected chi connectivity index (χ4v) is 4.68. The lowest BCUT2D eigenvalue weighted by Crippen LogP contribution is -2.54. The maximum Gasteiger partial charge on any atom is 0.253 e. The molecule has 1 fully saturated rings. The van der Waals surface area contributed by atoms with Gasteiger partial charge in [-0.3, -0.25) is 14.5 Å². The van der Waals surface area contributed by atoms with Crippen LogP contribution in [0, 0.1) is 0 Å². The lowest BCUT2D eigenvalue weighted by Gasteiger charge is -2.37. The van der Waals surface area contributed by atoms with Gasteiger partial charge in [0.25, 0.3) is 5.91 Å². The largest absolute Gasteiger partial charge is 0.336 e. The fourth-order valence-electron chi connectivity index (χ4n) is 3.74. The molecule has 0 saturated carbocycles. The van der Waals surface area contributed by atoms with Crippen LogP contribution in [-0.4, -0.2) is 80.7 Å². The molecule has 0 spiro atoms. The van der Waals surface area contributed by atoms with E-state index in [-0.39, 0.29) is 16.7 Å². The van der Waals surface area contributed by atoms with Gasteiger partial charge in [-0.2, -0.15) is 0 Å². The molecule has 1 heterocycles. The van der Waals surface area contributed by atoms with E-state index in [0.717, 1.165) is 10.7 Å². The van der Waals surface area contributed by atoms with Crippen LogP contribution in [0.15, 0.2) is 53.4 Å². The predicted molar refractivity (Wildman–Crippen MR) is 129 cm³/mol. The molecule has 33 heavy (non-hydrogen) atoms. The SMILES string of the molecule is CCc1ccc(C(=O)N2CCN(C(C)C(=O)Nc3cccc(S(=O)(=O)N(C)C)c3)CC2)cc1. The molecule has 0 aromatic heterocycles.